The third-order valence-corrected chi connectivity index (χ3v) is 8.41. The van der Waals surface area contributed by atoms with Gasteiger partial charge in [0.25, 0.3) is 11.8 Å². The topological polar surface area (TPSA) is 145 Å². The SMILES string of the molecule is CON=C(C(=O)N[C@@H]1C(=O)N2C(C(=O)OCc3ccc(OC)cc3)=C3CC[C@@H]3S[C@H]12)c1csc(N)n1. The fraction of sp³-hybridized carbons (Fsp3) is 0.348. The first kappa shape index (κ1) is 24.1. The molecule has 1 aromatic heterocycles. The van der Waals surface area contributed by atoms with E-state index < -0.39 is 23.3 Å². The summed E-state index contributed by atoms with van der Waals surface area (Å²) >= 11 is 2.71. The summed E-state index contributed by atoms with van der Waals surface area (Å²) in [6.45, 7) is 0.0674. The molecule has 0 spiro atoms. The standard InChI is InChI=1S/C23H23N5O6S2/c1-32-12-5-3-11(4-6-12)9-34-22(31)18-13-7-8-15(13)36-21-17(20(30)28(18)21)26-19(29)16(27-33-2)14-10-35-23(24)25-14/h3-6,10,15,17,21H,7-9H2,1-2H3,(H2,24,25)(H,26,29)/t15-,17+,21+/m0/s1. The van der Waals surface area contributed by atoms with Crippen LogP contribution in [0.5, 0.6) is 5.75 Å². The van der Waals surface area contributed by atoms with Gasteiger partial charge in [0.1, 0.15) is 42.3 Å². The number of ether oxygens (including phenoxy) is 2. The zero-order valence-electron chi connectivity index (χ0n) is 19.4. The number of hydrogen-bond acceptors (Lipinski definition) is 11. The second kappa shape index (κ2) is 9.82. The summed E-state index contributed by atoms with van der Waals surface area (Å²) in [4.78, 5) is 49.5. The molecule has 11 nitrogen and oxygen atoms in total. The number of aromatic nitrogens is 1. The molecule has 188 valence electrons. The normalized spacial score (nSPS) is 22.6. The summed E-state index contributed by atoms with van der Waals surface area (Å²) in [5.41, 5.74) is 7.84. The van der Waals surface area contributed by atoms with Gasteiger partial charge in [-0.3, -0.25) is 14.5 Å². The minimum Gasteiger partial charge on any atom is -0.497 e. The lowest BCUT2D eigenvalue weighted by Gasteiger charge is -2.54. The smallest absolute Gasteiger partial charge is 0.355 e. The molecule has 36 heavy (non-hydrogen) atoms. The largest absolute Gasteiger partial charge is 0.497 e. The van der Waals surface area contributed by atoms with Gasteiger partial charge in [-0.2, -0.15) is 0 Å². The van der Waals surface area contributed by atoms with E-state index >= 15 is 0 Å². The number of methoxy groups -OCH3 is 1. The maximum absolute atomic E-state index is 13.1. The van der Waals surface area contributed by atoms with Crippen LogP contribution in [0.3, 0.4) is 0 Å². The van der Waals surface area contributed by atoms with Crippen molar-refractivity contribution in [3.05, 3.63) is 52.2 Å². The number of fused-ring (bicyclic) bond motifs is 2. The minimum absolute atomic E-state index is 0.0674. The molecule has 0 bridgehead atoms. The van der Waals surface area contributed by atoms with Crippen LogP contribution in [-0.2, 0) is 30.6 Å². The first-order valence-corrected chi connectivity index (χ1v) is 12.9. The molecular formula is C23H23N5O6S2. The van der Waals surface area contributed by atoms with Crippen LogP contribution >= 0.6 is 23.1 Å². The lowest BCUT2D eigenvalue weighted by Crippen LogP contribution is -2.72. The number of rotatable bonds is 8. The van der Waals surface area contributed by atoms with Gasteiger partial charge in [-0.05, 0) is 36.1 Å². The number of thiazole rings is 1. The molecule has 2 fully saturated rings. The first-order chi connectivity index (χ1) is 17.4. The van der Waals surface area contributed by atoms with Crippen molar-refractivity contribution in [3.63, 3.8) is 0 Å². The van der Waals surface area contributed by atoms with Crippen molar-refractivity contribution in [2.75, 3.05) is 20.0 Å². The minimum atomic E-state index is -0.827. The highest BCUT2D eigenvalue weighted by Gasteiger charge is 2.58. The van der Waals surface area contributed by atoms with Crippen molar-refractivity contribution >= 4 is 51.7 Å². The molecule has 2 amide bonds. The summed E-state index contributed by atoms with van der Waals surface area (Å²) in [5.74, 6) is -0.846. The molecule has 1 aliphatic carbocycles. The molecule has 0 unspecified atom stereocenters. The fourth-order valence-electron chi connectivity index (χ4n) is 4.19. The van der Waals surface area contributed by atoms with Crippen LogP contribution in [0, 0.1) is 0 Å². The van der Waals surface area contributed by atoms with E-state index in [-0.39, 0.29) is 40.0 Å². The molecule has 3 aliphatic rings. The van der Waals surface area contributed by atoms with E-state index in [1.54, 1.807) is 36.4 Å². The second-order valence-corrected chi connectivity index (χ2v) is 10.4. The zero-order chi connectivity index (χ0) is 25.4. The van der Waals surface area contributed by atoms with E-state index in [9.17, 15) is 14.4 Å². The zero-order valence-corrected chi connectivity index (χ0v) is 21.1. The lowest BCUT2D eigenvalue weighted by molar-refractivity contribution is -0.153. The average molecular weight is 530 g/mol. The van der Waals surface area contributed by atoms with E-state index in [2.05, 4.69) is 15.5 Å². The van der Waals surface area contributed by atoms with Crippen molar-refractivity contribution < 1.29 is 28.7 Å². The Kier molecular flexibility index (Phi) is 6.58. The van der Waals surface area contributed by atoms with Crippen LogP contribution < -0.4 is 15.8 Å². The van der Waals surface area contributed by atoms with E-state index in [0.717, 1.165) is 35.3 Å². The monoisotopic (exact) mass is 529 g/mol. The van der Waals surface area contributed by atoms with Crippen LogP contribution in [0.15, 0.2) is 46.1 Å². The van der Waals surface area contributed by atoms with Gasteiger partial charge >= 0.3 is 5.97 Å². The molecular weight excluding hydrogens is 506 g/mol. The third kappa shape index (κ3) is 4.28. The van der Waals surface area contributed by atoms with Crippen LogP contribution in [0.4, 0.5) is 5.13 Å². The Morgan fingerprint density at radius 3 is 2.67 bits per heavy atom. The molecule has 1 saturated carbocycles. The number of nitrogens with two attached hydrogens (primary N) is 1. The molecule has 1 saturated heterocycles. The number of nitrogen functional groups attached to an aromatic ring is 1. The van der Waals surface area contributed by atoms with Gasteiger partial charge in [-0.25, -0.2) is 9.78 Å². The number of amides is 2. The summed E-state index contributed by atoms with van der Waals surface area (Å²) in [7, 11) is 2.89. The number of thioether (sulfide) groups is 1. The van der Waals surface area contributed by atoms with Gasteiger partial charge in [0.05, 0.1) is 7.11 Å². The lowest BCUT2D eigenvalue weighted by atomic mass is 9.87. The summed E-state index contributed by atoms with van der Waals surface area (Å²) in [6.07, 6.45) is 1.62. The van der Waals surface area contributed by atoms with Crippen LogP contribution in [-0.4, -0.2) is 64.3 Å². The second-order valence-electron chi connectivity index (χ2n) is 8.20. The average Bonchev–Trinajstić information content (AvgIpc) is 3.30. The van der Waals surface area contributed by atoms with E-state index in [0.29, 0.717) is 5.75 Å². The number of carbonyl (C=O) groups excluding carboxylic acids is 3. The Morgan fingerprint density at radius 2 is 2.06 bits per heavy atom. The number of esters is 1. The van der Waals surface area contributed by atoms with Crippen LogP contribution in [0.2, 0.25) is 0 Å². The van der Waals surface area contributed by atoms with Gasteiger partial charge in [-0.15, -0.1) is 23.1 Å². The van der Waals surface area contributed by atoms with Crippen molar-refractivity contribution in [3.8, 4) is 5.75 Å². The predicted molar refractivity (Wildman–Crippen MR) is 133 cm³/mol. The van der Waals surface area contributed by atoms with Crippen molar-refractivity contribution in [1.82, 2.24) is 15.2 Å². The number of benzene rings is 1. The molecule has 5 rings (SSSR count). The third-order valence-electron chi connectivity index (χ3n) is 6.13. The first-order valence-electron chi connectivity index (χ1n) is 11.1. The van der Waals surface area contributed by atoms with Gasteiger partial charge in [0, 0.05) is 10.6 Å². The maximum Gasteiger partial charge on any atom is 0.355 e. The molecule has 3 heterocycles. The number of carbonyl (C=O) groups is 3. The molecule has 2 aromatic rings. The molecule has 3 N–H and O–H groups in total. The van der Waals surface area contributed by atoms with E-state index in [1.807, 2.05) is 12.1 Å². The Morgan fingerprint density at radius 1 is 1.28 bits per heavy atom. The summed E-state index contributed by atoms with van der Waals surface area (Å²) in [5, 5.41) is 8.02. The van der Waals surface area contributed by atoms with Crippen molar-refractivity contribution in [1.29, 1.82) is 0 Å². The number of oxime groups is 1. The molecule has 0 radical (unpaired) electrons. The number of nitrogens with zero attached hydrogens (tertiary/aromatic N) is 3. The highest BCUT2D eigenvalue weighted by Crippen LogP contribution is 2.51. The van der Waals surface area contributed by atoms with Crippen LogP contribution in [0.1, 0.15) is 24.1 Å². The highest BCUT2D eigenvalue weighted by molar-refractivity contribution is 8.01. The molecule has 2 aliphatic heterocycles. The highest BCUT2D eigenvalue weighted by atomic mass is 32.2. The number of β-lactam (4-membered cyclic amide) rings is 1. The fourth-order valence-corrected chi connectivity index (χ4v) is 6.40. The predicted octanol–water partition coefficient (Wildman–Crippen LogP) is 1.64. The Labute approximate surface area is 214 Å². The van der Waals surface area contributed by atoms with Crippen molar-refractivity contribution in [2.24, 2.45) is 5.16 Å². The van der Waals surface area contributed by atoms with E-state index in [4.69, 9.17) is 20.0 Å². The van der Waals surface area contributed by atoms with E-state index in [1.165, 1.54) is 12.0 Å². The molecule has 1 aromatic carbocycles. The quantitative estimate of drug-likeness (QED) is 0.226. The number of anilines is 1. The summed E-state index contributed by atoms with van der Waals surface area (Å²) in [6, 6.07) is 6.37. The Hall–Kier alpha value is -3.58. The Bertz CT molecular complexity index is 1270. The number of nitrogens with one attached hydrogen (secondary N) is 1. The summed E-state index contributed by atoms with van der Waals surface area (Å²) < 4.78 is 10.7. The van der Waals surface area contributed by atoms with Gasteiger partial charge in [-0.1, -0.05) is 17.3 Å². The van der Waals surface area contributed by atoms with Gasteiger partial charge in [0.15, 0.2) is 10.8 Å². The van der Waals surface area contributed by atoms with Gasteiger partial charge in [0.2, 0.25) is 0 Å². The molecule has 3 atom stereocenters. The van der Waals surface area contributed by atoms with Crippen LogP contribution in [0.25, 0.3) is 0 Å². The van der Waals surface area contributed by atoms with Gasteiger partial charge < -0.3 is 25.4 Å². The maximum atomic E-state index is 13.1. The number of hydrogen-bond donors (Lipinski definition) is 2. The van der Waals surface area contributed by atoms with Crippen molar-refractivity contribution in [2.45, 2.75) is 36.1 Å². The Balaban J connectivity index is 1.29. The molecule has 13 heteroatoms.